The summed E-state index contributed by atoms with van der Waals surface area (Å²) in [6.07, 6.45) is 3.51. The lowest BCUT2D eigenvalue weighted by Gasteiger charge is -2.44. The lowest BCUT2D eigenvalue weighted by Crippen LogP contribution is -2.58. The van der Waals surface area contributed by atoms with Crippen molar-refractivity contribution in [1.29, 1.82) is 0 Å². The molecule has 0 aliphatic carbocycles. The van der Waals surface area contributed by atoms with Crippen LogP contribution in [-0.4, -0.2) is 57.0 Å². The summed E-state index contributed by atoms with van der Waals surface area (Å²) in [7, 11) is 0. The fourth-order valence-electron chi connectivity index (χ4n) is 4.63. The second kappa shape index (κ2) is 9.94. The van der Waals surface area contributed by atoms with Crippen LogP contribution in [0.2, 0.25) is 0 Å². The molecule has 0 bridgehead atoms. The SMILES string of the molecule is CC1CN(Cc2ccc(C(=O)NO)cc2)CC(C)N1C(=O)c1ccccc1-c1cccnc1. The third kappa shape index (κ3) is 4.94. The topological polar surface area (TPSA) is 85.8 Å². The molecule has 2 N–H and O–H groups in total. The molecule has 2 unspecified atom stereocenters. The van der Waals surface area contributed by atoms with Crippen molar-refractivity contribution in [1.82, 2.24) is 20.3 Å². The Hall–Kier alpha value is -3.55. The molecule has 2 heterocycles. The van der Waals surface area contributed by atoms with Gasteiger partial charge in [-0.3, -0.25) is 24.7 Å². The van der Waals surface area contributed by atoms with Gasteiger partial charge in [0, 0.05) is 60.8 Å². The molecule has 0 saturated carbocycles. The number of piperazine rings is 1. The zero-order valence-corrected chi connectivity index (χ0v) is 18.8. The number of carbonyl (C=O) groups excluding carboxylic acids is 2. The minimum absolute atomic E-state index is 0.0356. The van der Waals surface area contributed by atoms with Gasteiger partial charge in [0.05, 0.1) is 0 Å². The van der Waals surface area contributed by atoms with E-state index in [0.29, 0.717) is 11.1 Å². The summed E-state index contributed by atoms with van der Waals surface area (Å²) in [5.74, 6) is -0.490. The average molecular weight is 445 g/mol. The van der Waals surface area contributed by atoms with Gasteiger partial charge in [0.2, 0.25) is 0 Å². The van der Waals surface area contributed by atoms with E-state index >= 15 is 0 Å². The van der Waals surface area contributed by atoms with Gasteiger partial charge in [0.15, 0.2) is 0 Å². The second-order valence-corrected chi connectivity index (χ2v) is 8.53. The molecule has 2 aromatic carbocycles. The van der Waals surface area contributed by atoms with Crippen molar-refractivity contribution >= 4 is 11.8 Å². The zero-order chi connectivity index (χ0) is 23.4. The smallest absolute Gasteiger partial charge is 0.274 e. The Kier molecular flexibility index (Phi) is 6.82. The van der Waals surface area contributed by atoms with Crippen LogP contribution in [-0.2, 0) is 6.54 Å². The number of hydrogen-bond acceptors (Lipinski definition) is 5. The van der Waals surface area contributed by atoms with E-state index in [4.69, 9.17) is 5.21 Å². The molecule has 170 valence electrons. The Morgan fingerprint density at radius 3 is 2.33 bits per heavy atom. The third-order valence-electron chi connectivity index (χ3n) is 6.08. The molecule has 4 rings (SSSR count). The summed E-state index contributed by atoms with van der Waals surface area (Å²) >= 11 is 0. The minimum Gasteiger partial charge on any atom is -0.331 e. The lowest BCUT2D eigenvalue weighted by atomic mass is 9.98. The van der Waals surface area contributed by atoms with Crippen LogP contribution in [0.5, 0.6) is 0 Å². The maximum atomic E-state index is 13.6. The number of nitrogens with one attached hydrogen (secondary N) is 1. The highest BCUT2D eigenvalue weighted by Crippen LogP contribution is 2.27. The van der Waals surface area contributed by atoms with Gasteiger partial charge in [-0.1, -0.05) is 36.4 Å². The molecular formula is C26H28N4O3. The van der Waals surface area contributed by atoms with Crippen LogP contribution in [0, 0.1) is 0 Å². The molecule has 1 aromatic heterocycles. The zero-order valence-electron chi connectivity index (χ0n) is 18.8. The van der Waals surface area contributed by atoms with Gasteiger partial charge in [0.25, 0.3) is 11.8 Å². The number of aromatic nitrogens is 1. The normalized spacial score (nSPS) is 18.7. The van der Waals surface area contributed by atoms with Crippen LogP contribution >= 0.6 is 0 Å². The largest absolute Gasteiger partial charge is 0.331 e. The van der Waals surface area contributed by atoms with E-state index in [0.717, 1.165) is 36.3 Å². The monoisotopic (exact) mass is 444 g/mol. The van der Waals surface area contributed by atoms with E-state index < -0.39 is 5.91 Å². The highest BCUT2D eigenvalue weighted by molar-refractivity contribution is 6.01. The van der Waals surface area contributed by atoms with E-state index in [-0.39, 0.29) is 18.0 Å². The Morgan fingerprint density at radius 2 is 1.70 bits per heavy atom. The lowest BCUT2D eigenvalue weighted by molar-refractivity contribution is 0.0269. The standard InChI is InChI=1S/C26H28N4O3/c1-18-15-29(17-20-9-11-21(12-10-20)25(31)28-33)16-19(2)30(18)26(32)24-8-4-3-7-23(24)22-6-5-13-27-14-22/h3-14,18-19,33H,15-17H2,1-2H3,(H,28,31). The van der Waals surface area contributed by atoms with E-state index in [1.54, 1.807) is 30.0 Å². The molecular weight excluding hydrogens is 416 g/mol. The maximum Gasteiger partial charge on any atom is 0.274 e. The molecule has 1 saturated heterocycles. The summed E-state index contributed by atoms with van der Waals surface area (Å²) in [4.78, 5) is 33.7. The summed E-state index contributed by atoms with van der Waals surface area (Å²) in [6.45, 7) is 6.40. The van der Waals surface area contributed by atoms with Gasteiger partial charge in [-0.05, 0) is 49.2 Å². The van der Waals surface area contributed by atoms with Gasteiger partial charge >= 0.3 is 0 Å². The number of nitrogens with zero attached hydrogens (tertiary/aromatic N) is 3. The summed E-state index contributed by atoms with van der Waals surface area (Å²) in [5, 5.41) is 8.77. The molecule has 0 spiro atoms. The molecule has 7 heteroatoms. The fourth-order valence-corrected chi connectivity index (χ4v) is 4.63. The van der Waals surface area contributed by atoms with Crippen molar-refractivity contribution in [3.8, 4) is 11.1 Å². The summed E-state index contributed by atoms with van der Waals surface area (Å²) in [5.41, 5.74) is 5.64. The first-order valence-corrected chi connectivity index (χ1v) is 11.1. The van der Waals surface area contributed by atoms with E-state index in [9.17, 15) is 9.59 Å². The molecule has 2 atom stereocenters. The summed E-state index contributed by atoms with van der Waals surface area (Å²) < 4.78 is 0. The molecule has 33 heavy (non-hydrogen) atoms. The van der Waals surface area contributed by atoms with Crippen LogP contribution in [0.1, 0.15) is 40.1 Å². The molecule has 1 aliphatic rings. The average Bonchev–Trinajstić information content (AvgIpc) is 2.84. The van der Waals surface area contributed by atoms with Crippen LogP contribution in [0.4, 0.5) is 0 Å². The van der Waals surface area contributed by atoms with Gasteiger partial charge in [0.1, 0.15) is 0 Å². The highest BCUT2D eigenvalue weighted by Gasteiger charge is 2.34. The van der Waals surface area contributed by atoms with Crippen molar-refractivity contribution in [2.75, 3.05) is 13.1 Å². The minimum atomic E-state index is -0.525. The Bertz CT molecular complexity index is 1110. The Labute approximate surface area is 193 Å². The number of carbonyl (C=O) groups is 2. The number of rotatable bonds is 5. The fraction of sp³-hybridized carbons (Fsp3) is 0.269. The van der Waals surface area contributed by atoms with Crippen molar-refractivity contribution in [2.45, 2.75) is 32.5 Å². The number of benzene rings is 2. The molecule has 7 nitrogen and oxygen atoms in total. The van der Waals surface area contributed by atoms with E-state index in [2.05, 4.69) is 23.7 Å². The van der Waals surface area contributed by atoms with Gasteiger partial charge in [-0.2, -0.15) is 0 Å². The summed E-state index contributed by atoms with van der Waals surface area (Å²) in [6, 6.07) is 18.8. The molecule has 2 amide bonds. The number of hydroxylamine groups is 1. The Balaban J connectivity index is 1.48. The first-order valence-electron chi connectivity index (χ1n) is 11.1. The Morgan fingerprint density at radius 1 is 1.00 bits per heavy atom. The van der Waals surface area contributed by atoms with Crippen LogP contribution in [0.15, 0.2) is 73.1 Å². The molecule has 1 aliphatic heterocycles. The molecule has 0 radical (unpaired) electrons. The number of hydrogen-bond donors (Lipinski definition) is 2. The van der Waals surface area contributed by atoms with Gasteiger partial charge in [-0.25, -0.2) is 5.48 Å². The number of pyridine rings is 1. The van der Waals surface area contributed by atoms with E-state index in [1.165, 1.54) is 0 Å². The first kappa shape index (κ1) is 22.6. The first-order chi connectivity index (χ1) is 16.0. The van der Waals surface area contributed by atoms with E-state index in [1.807, 2.05) is 53.4 Å². The highest BCUT2D eigenvalue weighted by atomic mass is 16.5. The maximum absolute atomic E-state index is 13.6. The van der Waals surface area contributed by atoms with Crippen LogP contribution < -0.4 is 5.48 Å². The van der Waals surface area contributed by atoms with Crippen molar-refractivity contribution in [3.63, 3.8) is 0 Å². The quantitative estimate of drug-likeness (QED) is 0.464. The van der Waals surface area contributed by atoms with Gasteiger partial charge < -0.3 is 4.90 Å². The van der Waals surface area contributed by atoms with Crippen LogP contribution in [0.25, 0.3) is 11.1 Å². The third-order valence-corrected chi connectivity index (χ3v) is 6.08. The molecule has 1 fully saturated rings. The van der Waals surface area contributed by atoms with Crippen molar-refractivity contribution in [2.24, 2.45) is 0 Å². The second-order valence-electron chi connectivity index (χ2n) is 8.53. The van der Waals surface area contributed by atoms with Crippen molar-refractivity contribution < 1.29 is 14.8 Å². The molecule has 3 aromatic rings. The van der Waals surface area contributed by atoms with Gasteiger partial charge in [-0.15, -0.1) is 0 Å². The van der Waals surface area contributed by atoms with Crippen LogP contribution in [0.3, 0.4) is 0 Å². The van der Waals surface area contributed by atoms with Crippen molar-refractivity contribution in [3.05, 3.63) is 89.7 Å². The predicted octanol–water partition coefficient (Wildman–Crippen LogP) is 3.60. The number of amides is 2. The predicted molar refractivity (Wildman–Crippen MR) is 126 cm³/mol.